The summed E-state index contributed by atoms with van der Waals surface area (Å²) in [4.78, 5) is 4.41. The summed E-state index contributed by atoms with van der Waals surface area (Å²) in [5, 5.41) is 12.3. The van der Waals surface area contributed by atoms with Crippen LogP contribution in [-0.4, -0.2) is 19.9 Å². The molecule has 0 aliphatic heterocycles. The highest BCUT2D eigenvalue weighted by molar-refractivity contribution is 9.10. The maximum absolute atomic E-state index is 5.33. The second-order valence-electron chi connectivity index (χ2n) is 4.59. The van der Waals surface area contributed by atoms with E-state index in [0.717, 1.165) is 21.3 Å². The van der Waals surface area contributed by atoms with Crippen LogP contribution in [0.3, 0.4) is 0 Å². The van der Waals surface area contributed by atoms with Gasteiger partial charge in [-0.3, -0.25) is 0 Å². The molecule has 4 rings (SSSR count). The van der Waals surface area contributed by atoms with Crippen LogP contribution in [0.4, 0.5) is 0 Å². The summed E-state index contributed by atoms with van der Waals surface area (Å²) in [6.45, 7) is 0. The summed E-state index contributed by atoms with van der Waals surface area (Å²) >= 11 is 5.02. The fraction of sp³-hybridized carbons (Fsp3) is 0. The molecule has 3 aromatic heterocycles. The summed E-state index contributed by atoms with van der Waals surface area (Å²) in [6.07, 6.45) is 3.58. The average molecular weight is 373 g/mol. The molecule has 108 valence electrons. The Balaban J connectivity index is 1.65. The van der Waals surface area contributed by atoms with E-state index in [4.69, 9.17) is 4.52 Å². The molecule has 0 bridgehead atoms. The molecule has 0 spiro atoms. The molecule has 0 aliphatic carbocycles. The third-order valence-electron chi connectivity index (χ3n) is 3.13. The molecule has 0 amide bonds. The zero-order chi connectivity index (χ0) is 14.9. The van der Waals surface area contributed by atoms with Crippen LogP contribution < -0.4 is 0 Å². The van der Waals surface area contributed by atoms with Gasteiger partial charge in [0.15, 0.2) is 0 Å². The number of hydrogen-bond acceptors (Lipinski definition) is 5. The molecule has 0 N–H and O–H groups in total. The van der Waals surface area contributed by atoms with Crippen LogP contribution in [0.15, 0.2) is 62.5 Å². The number of hydrogen-bond donors (Lipinski definition) is 0. The standard InChI is InChI=1S/C15H9BrN4OS/c16-12-1-3-13(4-2-12)20-8-11(7-17-20)15-18-14(19-21-15)10-5-6-22-9-10/h1-9H. The van der Waals surface area contributed by atoms with Gasteiger partial charge in [-0.15, -0.1) is 0 Å². The van der Waals surface area contributed by atoms with Crippen LogP contribution in [0.2, 0.25) is 0 Å². The molecule has 0 saturated heterocycles. The largest absolute Gasteiger partial charge is 0.333 e. The van der Waals surface area contributed by atoms with Crippen LogP contribution in [0, 0.1) is 0 Å². The fourth-order valence-electron chi connectivity index (χ4n) is 2.02. The van der Waals surface area contributed by atoms with Gasteiger partial charge in [-0.2, -0.15) is 21.4 Å². The van der Waals surface area contributed by atoms with Crippen LogP contribution in [0.1, 0.15) is 0 Å². The van der Waals surface area contributed by atoms with E-state index >= 15 is 0 Å². The Morgan fingerprint density at radius 1 is 1.09 bits per heavy atom. The van der Waals surface area contributed by atoms with Crippen molar-refractivity contribution in [3.05, 3.63) is 58.0 Å². The number of rotatable bonds is 3. The molecule has 0 atom stereocenters. The molecular formula is C15H9BrN4OS. The van der Waals surface area contributed by atoms with Gasteiger partial charge in [-0.05, 0) is 35.7 Å². The topological polar surface area (TPSA) is 56.7 Å². The van der Waals surface area contributed by atoms with Crippen molar-refractivity contribution in [2.75, 3.05) is 0 Å². The highest BCUT2D eigenvalue weighted by Crippen LogP contribution is 2.24. The maximum atomic E-state index is 5.33. The highest BCUT2D eigenvalue weighted by atomic mass is 79.9. The quantitative estimate of drug-likeness (QED) is 0.534. The second-order valence-corrected chi connectivity index (χ2v) is 6.28. The Labute approximate surface area is 138 Å². The minimum atomic E-state index is 0.463. The van der Waals surface area contributed by atoms with Gasteiger partial charge < -0.3 is 4.52 Å². The van der Waals surface area contributed by atoms with Crippen molar-refractivity contribution in [2.45, 2.75) is 0 Å². The number of aromatic nitrogens is 4. The molecule has 1 aromatic carbocycles. The van der Waals surface area contributed by atoms with Gasteiger partial charge in [0.2, 0.25) is 5.82 Å². The predicted molar refractivity (Wildman–Crippen MR) is 87.9 cm³/mol. The van der Waals surface area contributed by atoms with Crippen molar-refractivity contribution in [2.24, 2.45) is 0 Å². The molecule has 0 fully saturated rings. The maximum Gasteiger partial charge on any atom is 0.261 e. The first kappa shape index (κ1) is 13.4. The Bertz CT molecular complexity index is 896. The van der Waals surface area contributed by atoms with E-state index in [1.807, 2.05) is 47.3 Å². The van der Waals surface area contributed by atoms with E-state index in [1.165, 1.54) is 0 Å². The second kappa shape index (κ2) is 5.51. The zero-order valence-electron chi connectivity index (χ0n) is 11.2. The fourth-order valence-corrected chi connectivity index (χ4v) is 2.92. The van der Waals surface area contributed by atoms with Crippen LogP contribution in [0.5, 0.6) is 0 Å². The number of thiophene rings is 1. The van der Waals surface area contributed by atoms with Crippen LogP contribution in [-0.2, 0) is 0 Å². The van der Waals surface area contributed by atoms with E-state index in [-0.39, 0.29) is 0 Å². The van der Waals surface area contributed by atoms with E-state index in [1.54, 1.807) is 22.2 Å². The molecular weight excluding hydrogens is 364 g/mol. The zero-order valence-corrected chi connectivity index (χ0v) is 13.6. The lowest BCUT2D eigenvalue weighted by molar-refractivity contribution is 0.432. The summed E-state index contributed by atoms with van der Waals surface area (Å²) in [6, 6.07) is 9.86. The summed E-state index contributed by atoms with van der Waals surface area (Å²) in [7, 11) is 0. The normalized spacial score (nSPS) is 11.0. The van der Waals surface area contributed by atoms with Gasteiger partial charge in [0, 0.05) is 21.6 Å². The molecule has 0 saturated carbocycles. The summed E-state index contributed by atoms with van der Waals surface area (Å²) < 4.78 is 8.13. The van der Waals surface area contributed by atoms with Gasteiger partial charge in [0.25, 0.3) is 5.89 Å². The molecule has 7 heteroatoms. The summed E-state index contributed by atoms with van der Waals surface area (Å²) in [5.74, 6) is 1.05. The van der Waals surface area contributed by atoms with Crippen molar-refractivity contribution in [3.8, 4) is 28.5 Å². The molecule has 5 nitrogen and oxygen atoms in total. The van der Waals surface area contributed by atoms with Gasteiger partial charge in [-0.1, -0.05) is 21.1 Å². The number of nitrogens with zero attached hydrogens (tertiary/aromatic N) is 4. The van der Waals surface area contributed by atoms with E-state index in [0.29, 0.717) is 11.7 Å². The molecule has 0 unspecified atom stereocenters. The first-order valence-corrected chi connectivity index (χ1v) is 8.20. The van der Waals surface area contributed by atoms with Gasteiger partial charge in [0.05, 0.1) is 17.4 Å². The third kappa shape index (κ3) is 2.49. The van der Waals surface area contributed by atoms with Crippen LogP contribution in [0.25, 0.3) is 28.5 Å². The Kier molecular flexibility index (Phi) is 3.36. The van der Waals surface area contributed by atoms with Gasteiger partial charge >= 0.3 is 0 Å². The average Bonchev–Trinajstić information content (AvgIpc) is 3.27. The van der Waals surface area contributed by atoms with Crippen molar-refractivity contribution >= 4 is 27.3 Å². The van der Waals surface area contributed by atoms with Crippen molar-refractivity contribution in [1.82, 2.24) is 19.9 Å². The predicted octanol–water partition coefficient (Wildman–Crippen LogP) is 4.41. The minimum Gasteiger partial charge on any atom is -0.333 e. The highest BCUT2D eigenvalue weighted by Gasteiger charge is 2.13. The Morgan fingerprint density at radius 3 is 2.73 bits per heavy atom. The summed E-state index contributed by atoms with van der Waals surface area (Å²) in [5.41, 5.74) is 2.71. The molecule has 4 aromatic rings. The lowest BCUT2D eigenvalue weighted by Gasteiger charge is -1.99. The number of halogens is 1. The lowest BCUT2D eigenvalue weighted by Crippen LogP contribution is -1.92. The Morgan fingerprint density at radius 2 is 1.95 bits per heavy atom. The van der Waals surface area contributed by atoms with Crippen LogP contribution >= 0.6 is 27.3 Å². The molecule has 0 aliphatic rings. The van der Waals surface area contributed by atoms with Crippen molar-refractivity contribution in [3.63, 3.8) is 0 Å². The monoisotopic (exact) mass is 372 g/mol. The first-order valence-electron chi connectivity index (χ1n) is 6.47. The minimum absolute atomic E-state index is 0.463. The van der Waals surface area contributed by atoms with E-state index in [9.17, 15) is 0 Å². The van der Waals surface area contributed by atoms with Crippen molar-refractivity contribution in [1.29, 1.82) is 0 Å². The molecule has 22 heavy (non-hydrogen) atoms. The molecule has 3 heterocycles. The van der Waals surface area contributed by atoms with Gasteiger partial charge in [-0.25, -0.2) is 4.68 Å². The Hall–Kier alpha value is -2.25. The van der Waals surface area contributed by atoms with Crippen molar-refractivity contribution < 1.29 is 4.52 Å². The third-order valence-corrected chi connectivity index (χ3v) is 4.34. The first-order chi connectivity index (χ1) is 10.8. The van der Waals surface area contributed by atoms with E-state index in [2.05, 4.69) is 31.2 Å². The lowest BCUT2D eigenvalue weighted by atomic mass is 10.3. The van der Waals surface area contributed by atoms with E-state index < -0.39 is 0 Å². The molecule has 0 radical (unpaired) electrons. The number of benzene rings is 1. The smallest absolute Gasteiger partial charge is 0.261 e. The SMILES string of the molecule is Brc1ccc(-n2cc(-c3nc(-c4ccsc4)no3)cn2)cc1. The van der Waals surface area contributed by atoms with Gasteiger partial charge in [0.1, 0.15) is 0 Å².